The minimum atomic E-state index is -0.108. The number of amides is 1. The molecular weight excluding hydrogens is 362 g/mol. The fourth-order valence-corrected chi connectivity index (χ4v) is 4.02. The molecule has 0 bridgehead atoms. The second kappa shape index (κ2) is 8.24. The number of benzene rings is 2. The molecule has 150 valence electrons. The zero-order valence-electron chi connectivity index (χ0n) is 17.0. The monoisotopic (exact) mass is 389 g/mol. The molecule has 4 heteroatoms. The molecule has 4 rings (SSSR count). The Morgan fingerprint density at radius 2 is 1.72 bits per heavy atom. The van der Waals surface area contributed by atoms with Crippen LogP contribution < -0.4 is 10.7 Å². The molecule has 1 aliphatic carbocycles. The first-order valence-corrected chi connectivity index (χ1v) is 10.5. The predicted octanol–water partition coefficient (Wildman–Crippen LogP) is 6.10. The van der Waals surface area contributed by atoms with Gasteiger partial charge in [-0.1, -0.05) is 57.4 Å². The minimum Gasteiger partial charge on any atom is -0.456 e. The number of hydrogen-bond acceptors (Lipinski definition) is 3. The molecule has 2 aromatic carbocycles. The van der Waals surface area contributed by atoms with E-state index in [0.29, 0.717) is 28.3 Å². The van der Waals surface area contributed by atoms with E-state index in [9.17, 15) is 9.59 Å². The third-order valence-corrected chi connectivity index (χ3v) is 5.83. The van der Waals surface area contributed by atoms with Gasteiger partial charge in [0.1, 0.15) is 11.3 Å². The Morgan fingerprint density at radius 1 is 1.00 bits per heavy atom. The molecule has 1 saturated carbocycles. The summed E-state index contributed by atoms with van der Waals surface area (Å²) >= 11 is 0. The van der Waals surface area contributed by atoms with Crippen molar-refractivity contribution in [1.29, 1.82) is 0 Å². The molecule has 0 atom stereocenters. The summed E-state index contributed by atoms with van der Waals surface area (Å²) < 4.78 is 5.99. The van der Waals surface area contributed by atoms with Crippen molar-refractivity contribution in [2.45, 2.75) is 51.9 Å². The topological polar surface area (TPSA) is 59.3 Å². The van der Waals surface area contributed by atoms with Gasteiger partial charge >= 0.3 is 0 Å². The third-order valence-electron chi connectivity index (χ3n) is 5.83. The number of nitrogens with one attached hydrogen (secondary N) is 1. The normalized spacial score (nSPS) is 15.0. The molecule has 0 unspecified atom stereocenters. The number of carbonyl (C=O) groups is 1. The molecular formula is C25H27NO3. The Morgan fingerprint density at radius 3 is 2.41 bits per heavy atom. The van der Waals surface area contributed by atoms with E-state index >= 15 is 0 Å². The van der Waals surface area contributed by atoms with Crippen LogP contribution in [0.25, 0.3) is 22.3 Å². The lowest BCUT2D eigenvalue weighted by Gasteiger charge is -2.20. The lowest BCUT2D eigenvalue weighted by Crippen LogP contribution is -2.24. The van der Waals surface area contributed by atoms with Gasteiger partial charge in [-0.05, 0) is 42.5 Å². The Bertz CT molecular complexity index is 1070. The van der Waals surface area contributed by atoms with E-state index < -0.39 is 0 Å². The zero-order chi connectivity index (χ0) is 20.4. The Kier molecular flexibility index (Phi) is 5.52. The minimum absolute atomic E-state index is 0.0512. The highest BCUT2D eigenvalue weighted by atomic mass is 16.3. The van der Waals surface area contributed by atoms with Crippen molar-refractivity contribution in [3.8, 4) is 11.3 Å². The largest absolute Gasteiger partial charge is 0.456 e. The molecule has 3 aromatic rings. The van der Waals surface area contributed by atoms with E-state index in [0.717, 1.165) is 31.2 Å². The van der Waals surface area contributed by atoms with E-state index in [2.05, 4.69) is 31.3 Å². The number of rotatable bonds is 4. The highest BCUT2D eigenvalue weighted by Crippen LogP contribution is 2.27. The first-order chi connectivity index (χ1) is 14.0. The Labute approximate surface area is 170 Å². The molecule has 1 fully saturated rings. The van der Waals surface area contributed by atoms with E-state index in [-0.39, 0.29) is 17.3 Å². The van der Waals surface area contributed by atoms with E-state index in [1.54, 1.807) is 18.2 Å². The smallest absolute Gasteiger partial charge is 0.227 e. The fourth-order valence-electron chi connectivity index (χ4n) is 4.02. The van der Waals surface area contributed by atoms with Crippen molar-refractivity contribution in [3.63, 3.8) is 0 Å². The Hall–Kier alpha value is -2.88. The number of anilines is 1. The van der Waals surface area contributed by atoms with Crippen molar-refractivity contribution in [1.82, 2.24) is 0 Å². The van der Waals surface area contributed by atoms with Crippen LogP contribution in [0.15, 0.2) is 57.7 Å². The van der Waals surface area contributed by atoms with Crippen molar-refractivity contribution in [2.24, 2.45) is 5.92 Å². The van der Waals surface area contributed by atoms with Gasteiger partial charge in [-0.15, -0.1) is 0 Å². The summed E-state index contributed by atoms with van der Waals surface area (Å²) in [5.74, 6) is 1.13. The van der Waals surface area contributed by atoms with Gasteiger partial charge in [-0.3, -0.25) is 9.59 Å². The maximum Gasteiger partial charge on any atom is 0.227 e. The molecule has 0 radical (unpaired) electrons. The molecule has 4 nitrogen and oxygen atoms in total. The summed E-state index contributed by atoms with van der Waals surface area (Å²) in [7, 11) is 0. The first-order valence-electron chi connectivity index (χ1n) is 10.5. The summed E-state index contributed by atoms with van der Waals surface area (Å²) in [5.41, 5.74) is 3.19. The highest BCUT2D eigenvalue weighted by molar-refractivity contribution is 5.94. The van der Waals surface area contributed by atoms with Crippen LogP contribution in [0, 0.1) is 5.92 Å². The van der Waals surface area contributed by atoms with Crippen LogP contribution in [0.3, 0.4) is 0 Å². The zero-order valence-corrected chi connectivity index (χ0v) is 17.0. The maximum atomic E-state index is 12.7. The lowest BCUT2D eigenvalue weighted by atomic mass is 9.88. The number of hydrogen-bond donors (Lipinski definition) is 1. The van der Waals surface area contributed by atoms with Crippen LogP contribution in [0.4, 0.5) is 5.69 Å². The average Bonchev–Trinajstić information content (AvgIpc) is 2.74. The average molecular weight is 389 g/mol. The van der Waals surface area contributed by atoms with Crippen molar-refractivity contribution in [3.05, 3.63) is 64.3 Å². The van der Waals surface area contributed by atoms with Crippen LogP contribution in [0.5, 0.6) is 0 Å². The SMILES string of the molecule is CC(C)c1ccc(-c2cc(=O)c3cc(NC(=O)C4CCCCC4)ccc3o2)cc1. The summed E-state index contributed by atoms with van der Waals surface area (Å²) in [6.45, 7) is 4.30. The predicted molar refractivity (Wildman–Crippen MR) is 117 cm³/mol. The van der Waals surface area contributed by atoms with Gasteiger partial charge in [0.15, 0.2) is 5.43 Å². The quantitative estimate of drug-likeness (QED) is 0.586. The van der Waals surface area contributed by atoms with Gasteiger partial charge in [0, 0.05) is 23.2 Å². The van der Waals surface area contributed by atoms with Crippen molar-refractivity contribution in [2.75, 3.05) is 5.32 Å². The molecule has 0 saturated heterocycles. The highest BCUT2D eigenvalue weighted by Gasteiger charge is 2.21. The molecule has 0 spiro atoms. The third kappa shape index (κ3) is 4.26. The van der Waals surface area contributed by atoms with Gasteiger partial charge in [0.05, 0.1) is 5.39 Å². The van der Waals surface area contributed by atoms with Gasteiger partial charge in [0.2, 0.25) is 5.91 Å². The summed E-state index contributed by atoms with van der Waals surface area (Å²) in [5, 5.41) is 3.46. The molecule has 1 heterocycles. The summed E-state index contributed by atoms with van der Waals surface area (Å²) in [6, 6.07) is 14.9. The van der Waals surface area contributed by atoms with E-state index in [1.165, 1.54) is 18.1 Å². The van der Waals surface area contributed by atoms with Crippen molar-refractivity contribution < 1.29 is 9.21 Å². The standard InChI is InChI=1S/C25H27NO3/c1-16(2)17-8-10-18(11-9-17)24-15-22(27)21-14-20(12-13-23(21)29-24)26-25(28)19-6-4-3-5-7-19/h8-16,19H,3-7H2,1-2H3,(H,26,28). The van der Waals surface area contributed by atoms with Gasteiger partial charge in [0.25, 0.3) is 0 Å². The lowest BCUT2D eigenvalue weighted by molar-refractivity contribution is -0.120. The van der Waals surface area contributed by atoms with E-state index in [1.807, 2.05) is 12.1 Å². The molecule has 29 heavy (non-hydrogen) atoms. The molecule has 1 aromatic heterocycles. The maximum absolute atomic E-state index is 12.7. The van der Waals surface area contributed by atoms with Crippen LogP contribution in [0.1, 0.15) is 57.4 Å². The molecule has 1 amide bonds. The second-order valence-electron chi connectivity index (χ2n) is 8.29. The summed E-state index contributed by atoms with van der Waals surface area (Å²) in [4.78, 5) is 25.2. The van der Waals surface area contributed by atoms with Crippen LogP contribution in [0.2, 0.25) is 0 Å². The molecule has 1 N–H and O–H groups in total. The molecule has 0 aliphatic heterocycles. The second-order valence-corrected chi connectivity index (χ2v) is 8.29. The van der Waals surface area contributed by atoms with Crippen LogP contribution in [-0.4, -0.2) is 5.91 Å². The van der Waals surface area contributed by atoms with Crippen molar-refractivity contribution >= 4 is 22.6 Å². The number of fused-ring (bicyclic) bond motifs is 1. The molecule has 1 aliphatic rings. The Balaban J connectivity index is 1.59. The number of carbonyl (C=O) groups excluding carboxylic acids is 1. The van der Waals surface area contributed by atoms with Gasteiger partial charge < -0.3 is 9.73 Å². The van der Waals surface area contributed by atoms with Gasteiger partial charge in [-0.2, -0.15) is 0 Å². The van der Waals surface area contributed by atoms with Crippen LogP contribution in [-0.2, 0) is 4.79 Å². The van der Waals surface area contributed by atoms with Gasteiger partial charge in [-0.25, -0.2) is 0 Å². The van der Waals surface area contributed by atoms with Crippen LogP contribution >= 0.6 is 0 Å². The summed E-state index contributed by atoms with van der Waals surface area (Å²) in [6.07, 6.45) is 5.32. The fraction of sp³-hybridized carbons (Fsp3) is 0.360. The van der Waals surface area contributed by atoms with E-state index in [4.69, 9.17) is 4.42 Å². The first kappa shape index (κ1) is 19.4.